The van der Waals surface area contributed by atoms with Crippen molar-refractivity contribution in [1.29, 1.82) is 0 Å². The molecule has 0 fully saturated rings. The van der Waals surface area contributed by atoms with Gasteiger partial charge in [-0.1, -0.05) is 0 Å². The molecule has 8 N–H and O–H groups in total. The first-order valence-corrected chi connectivity index (χ1v) is 10.6. The molecular formula is C20H12EuF24O8+7. The van der Waals surface area contributed by atoms with E-state index in [1.807, 2.05) is 0 Å². The van der Waals surface area contributed by atoms with Gasteiger partial charge >= 0.3 is 98.8 Å². The van der Waals surface area contributed by atoms with Gasteiger partial charge in [0.15, 0.2) is 0 Å². The number of hydrogen-bond acceptors (Lipinski definition) is 0. The number of ketones is 8. The SMILES string of the molecule is [Eu+3].[OH+]=C([CH-]C(=[OH+])C(F)(F)F)C(F)(F)F.[OH+]=C([CH-]C(=[OH+])C(F)(F)F)C(F)(F)F.[OH+]=C([CH-]C(=[OH+])C(F)(F)F)C(F)(F)F.[OH+]=C([CH-]C(=[OH+])C(F)(F)F)C(F)(F)F. The summed E-state index contributed by atoms with van der Waals surface area (Å²) in [4.78, 5) is 63.8. The quantitative estimate of drug-likeness (QED) is 0.128. The summed E-state index contributed by atoms with van der Waals surface area (Å²) >= 11 is 0. The van der Waals surface area contributed by atoms with E-state index in [4.69, 9.17) is 38.4 Å². The van der Waals surface area contributed by atoms with Gasteiger partial charge in [-0.3, -0.25) is 0 Å². The van der Waals surface area contributed by atoms with Crippen LogP contribution >= 0.6 is 0 Å². The second kappa shape index (κ2) is 21.0. The van der Waals surface area contributed by atoms with Crippen LogP contribution in [0.5, 0.6) is 0 Å². The number of rotatable bonds is 8. The Balaban J connectivity index is -0.000000192. The van der Waals surface area contributed by atoms with Gasteiger partial charge < -0.3 is 38.4 Å². The van der Waals surface area contributed by atoms with E-state index in [1.54, 1.807) is 0 Å². The van der Waals surface area contributed by atoms with Gasteiger partial charge in [0.2, 0.25) is 0 Å². The monoisotopic (exact) mass is 989 g/mol. The van der Waals surface area contributed by atoms with E-state index in [0.29, 0.717) is 0 Å². The summed E-state index contributed by atoms with van der Waals surface area (Å²) in [6, 6.07) is 0. The number of alkyl halides is 24. The van der Waals surface area contributed by atoms with Crippen molar-refractivity contribution >= 4 is 46.3 Å². The summed E-state index contributed by atoms with van der Waals surface area (Å²) in [5.74, 6) is -20.1. The van der Waals surface area contributed by atoms with Gasteiger partial charge in [0.25, 0.3) is 46.3 Å². The molecule has 53 heavy (non-hydrogen) atoms. The predicted molar refractivity (Wildman–Crippen MR) is 121 cm³/mol. The number of halogens is 24. The average molecular weight is 988 g/mol. The molecule has 0 heterocycles. The molecule has 0 rings (SSSR count). The maximum absolute atomic E-state index is 11.4. The van der Waals surface area contributed by atoms with Crippen molar-refractivity contribution in [3.63, 3.8) is 0 Å². The van der Waals surface area contributed by atoms with Crippen molar-refractivity contribution in [2.24, 2.45) is 0 Å². The third kappa shape index (κ3) is 28.9. The molecule has 0 aliphatic rings. The van der Waals surface area contributed by atoms with Crippen LogP contribution in [0.3, 0.4) is 0 Å². The maximum atomic E-state index is 11.4. The molecule has 0 aliphatic carbocycles. The molecule has 0 spiro atoms. The Hall–Kier alpha value is -3.26. The Kier molecular flexibility index (Phi) is 23.4. The molecule has 0 aromatic heterocycles. The summed E-state index contributed by atoms with van der Waals surface area (Å²) in [6.07, 6.45) is -45.7. The molecule has 0 aliphatic heterocycles. The van der Waals surface area contributed by atoms with E-state index in [9.17, 15) is 105 Å². The van der Waals surface area contributed by atoms with Crippen molar-refractivity contribution in [3.05, 3.63) is 25.7 Å². The number of carbonyl (C=O) groups excluding carboxylic acids is 8. The molecule has 0 amide bonds. The molecule has 0 atom stereocenters. The van der Waals surface area contributed by atoms with E-state index in [0.717, 1.165) is 0 Å². The number of hydrogen-bond donors (Lipinski definition) is 0. The van der Waals surface area contributed by atoms with E-state index in [-0.39, 0.29) is 49.4 Å². The van der Waals surface area contributed by atoms with E-state index >= 15 is 0 Å². The summed E-state index contributed by atoms with van der Waals surface area (Å²) in [6.45, 7) is 0. The van der Waals surface area contributed by atoms with Crippen molar-refractivity contribution < 1.29 is 193 Å². The summed E-state index contributed by atoms with van der Waals surface area (Å²) in [7, 11) is 0. The molecule has 0 unspecified atom stereocenters. The fraction of sp³-hybridized carbons (Fsp3) is 0.400. The minimum absolute atomic E-state index is 0. The molecule has 0 radical (unpaired) electrons. The maximum Gasteiger partial charge on any atom is 3.00 e. The van der Waals surface area contributed by atoms with Crippen LogP contribution in [0.15, 0.2) is 0 Å². The van der Waals surface area contributed by atoms with E-state index in [1.165, 1.54) is 0 Å². The summed E-state index contributed by atoms with van der Waals surface area (Å²) in [5.41, 5.74) is 0. The van der Waals surface area contributed by atoms with Crippen LogP contribution in [-0.2, 0) is 0 Å². The molecule has 0 aromatic carbocycles. The zero-order chi connectivity index (χ0) is 43.4. The molecule has 308 valence electrons. The van der Waals surface area contributed by atoms with Crippen LogP contribution < -0.4 is 0 Å². The van der Waals surface area contributed by atoms with Crippen LogP contribution in [-0.4, -0.2) is 134 Å². The van der Waals surface area contributed by atoms with Crippen molar-refractivity contribution in [2.45, 2.75) is 49.4 Å². The largest absolute Gasteiger partial charge is 3.00 e. The molecule has 33 heteroatoms. The van der Waals surface area contributed by atoms with E-state index in [2.05, 4.69) is 0 Å². The smallest absolute Gasteiger partial charge is 0.306 e. The molecule has 0 bridgehead atoms. The molecular weight excluding hydrogens is 976 g/mol. The Morgan fingerprint density at radius 3 is 0.302 bits per heavy atom. The zero-order valence-corrected chi connectivity index (χ0v) is 25.8. The first-order valence-electron chi connectivity index (χ1n) is 10.6. The fourth-order valence-electron chi connectivity index (χ4n) is 1.17. The standard InChI is InChI=1S/4C5HF6O2.Eu/c4*6-4(7,8)2(12)1-3(13)5(9,10)11;/h4*1H;/q4*-1;+3/p+8. The summed E-state index contributed by atoms with van der Waals surface area (Å²) < 4.78 is 273. The van der Waals surface area contributed by atoms with Crippen LogP contribution in [0.2, 0.25) is 0 Å². The van der Waals surface area contributed by atoms with Crippen molar-refractivity contribution in [1.82, 2.24) is 0 Å². The molecule has 8 nitrogen and oxygen atoms in total. The Morgan fingerprint density at radius 1 is 0.208 bits per heavy atom. The third-order valence-electron chi connectivity index (χ3n) is 3.42. The second-order valence-electron chi connectivity index (χ2n) is 7.64. The van der Waals surface area contributed by atoms with Crippen LogP contribution in [0.1, 0.15) is 0 Å². The molecule has 0 aromatic rings. The fourth-order valence-corrected chi connectivity index (χ4v) is 1.17. The summed E-state index contributed by atoms with van der Waals surface area (Å²) in [5, 5.41) is 0. The van der Waals surface area contributed by atoms with Gasteiger partial charge in [-0.05, 0) is 0 Å². The van der Waals surface area contributed by atoms with Crippen molar-refractivity contribution in [3.8, 4) is 0 Å². The molecule has 0 saturated carbocycles. The van der Waals surface area contributed by atoms with Crippen LogP contribution in [0.25, 0.3) is 0 Å². The topological polar surface area (TPSA) is 171 Å². The van der Waals surface area contributed by atoms with Gasteiger partial charge in [-0.2, -0.15) is 105 Å². The van der Waals surface area contributed by atoms with Crippen LogP contribution in [0.4, 0.5) is 105 Å². The van der Waals surface area contributed by atoms with Gasteiger partial charge in [0.1, 0.15) is 0 Å². The van der Waals surface area contributed by atoms with E-state index < -0.39 is 121 Å². The van der Waals surface area contributed by atoms with Gasteiger partial charge in [-0.15, -0.1) is 25.7 Å². The minimum Gasteiger partial charge on any atom is -0.306 e. The Bertz CT molecular complexity index is 1010. The van der Waals surface area contributed by atoms with Gasteiger partial charge in [-0.25, -0.2) is 0 Å². The Labute approximate surface area is 313 Å². The Morgan fingerprint density at radius 2 is 0.264 bits per heavy atom. The average Bonchev–Trinajstić information content (AvgIpc) is 2.85. The van der Waals surface area contributed by atoms with Crippen molar-refractivity contribution in [2.75, 3.05) is 0 Å². The minimum atomic E-state index is -5.31. The van der Waals surface area contributed by atoms with Gasteiger partial charge in [0, 0.05) is 0 Å². The van der Waals surface area contributed by atoms with Crippen LogP contribution in [0, 0.1) is 75.1 Å². The predicted octanol–water partition coefficient (Wildman–Crippen LogP) is 5.62. The first kappa shape index (κ1) is 59.0. The van der Waals surface area contributed by atoms with Gasteiger partial charge in [0.05, 0.1) is 0 Å². The third-order valence-corrected chi connectivity index (χ3v) is 3.42. The second-order valence-corrected chi connectivity index (χ2v) is 7.64. The first-order chi connectivity index (χ1) is 22.2. The normalized spacial score (nSPS) is 12.2. The zero-order valence-electron chi connectivity index (χ0n) is 23.3. The molecule has 0 saturated heterocycles.